The van der Waals surface area contributed by atoms with E-state index in [0.29, 0.717) is 24.2 Å². The van der Waals surface area contributed by atoms with Gasteiger partial charge in [0.1, 0.15) is 17.7 Å². The fourth-order valence-electron chi connectivity index (χ4n) is 7.43. The van der Waals surface area contributed by atoms with Crippen molar-refractivity contribution in [2.45, 2.75) is 70.1 Å². The Balaban J connectivity index is 1.03. The first-order valence-corrected chi connectivity index (χ1v) is 17.7. The number of hydrogen-bond donors (Lipinski definition) is 3. The maximum absolute atomic E-state index is 13.8. The molecule has 0 aliphatic carbocycles. The Bertz CT molecular complexity index is 1900. The van der Waals surface area contributed by atoms with Gasteiger partial charge < -0.3 is 24.9 Å². The van der Waals surface area contributed by atoms with Crippen molar-refractivity contribution in [3.05, 3.63) is 108 Å². The number of hydrogen-bond acceptors (Lipinski definition) is 6. The van der Waals surface area contributed by atoms with Crippen LogP contribution in [0, 0.1) is 0 Å². The maximum Gasteiger partial charge on any atom is 0.407 e. The Kier molecular flexibility index (Phi) is 9.80. The number of aromatic amines is 2. The summed E-state index contributed by atoms with van der Waals surface area (Å²) in [6.45, 7) is 6.28. The molecule has 2 aliphatic heterocycles. The number of carbonyl (C=O) groups excluding carboxylic acids is 2. The van der Waals surface area contributed by atoms with Crippen LogP contribution < -0.4 is 5.32 Å². The number of rotatable bonds is 10. The van der Waals surface area contributed by atoms with E-state index in [2.05, 4.69) is 82.6 Å². The summed E-state index contributed by atoms with van der Waals surface area (Å²) in [4.78, 5) is 47.0. The zero-order valence-electron chi connectivity index (χ0n) is 28.9. The van der Waals surface area contributed by atoms with Gasteiger partial charge in [0.05, 0.1) is 43.0 Å². The average molecular weight is 672 g/mol. The Morgan fingerprint density at radius 1 is 0.800 bits per heavy atom. The molecule has 1 unspecified atom stereocenters. The number of alkyl carbamates (subject to hydrolysis) is 1. The van der Waals surface area contributed by atoms with Crippen LogP contribution in [0.2, 0.25) is 0 Å². The van der Waals surface area contributed by atoms with Crippen LogP contribution in [0.5, 0.6) is 0 Å². The molecule has 4 heterocycles. The molecular formula is C40H45N7O3. The summed E-state index contributed by atoms with van der Waals surface area (Å²) in [6, 6.07) is 26.1. The van der Waals surface area contributed by atoms with Crippen molar-refractivity contribution < 1.29 is 14.3 Å². The predicted octanol–water partition coefficient (Wildman–Crippen LogP) is 7.83. The van der Waals surface area contributed by atoms with Crippen molar-refractivity contribution in [3.8, 4) is 33.6 Å². The molecule has 5 aromatic rings. The van der Waals surface area contributed by atoms with Gasteiger partial charge in [-0.05, 0) is 73.4 Å². The molecule has 2 aliphatic rings. The van der Waals surface area contributed by atoms with Crippen LogP contribution in [0.25, 0.3) is 33.6 Å². The number of H-pyrrole nitrogens is 2. The first-order chi connectivity index (χ1) is 24.4. The second kappa shape index (κ2) is 14.7. The van der Waals surface area contributed by atoms with Gasteiger partial charge in [0.25, 0.3) is 5.91 Å². The lowest BCUT2D eigenvalue weighted by atomic mass is 10.0. The SMILES string of the molecule is CCC(C)N1CCC[C@H]1c1ncc(-c2ccc(-c3ccc(-c4cnc([C@@H]5CCCN5C(=O)[C@H](NC(=O)OC)c5ccccc5)[nH]4)cc3)cc2)[nH]1. The number of methoxy groups -OCH3 is 1. The summed E-state index contributed by atoms with van der Waals surface area (Å²) < 4.78 is 4.82. The van der Waals surface area contributed by atoms with E-state index in [1.54, 1.807) is 0 Å². The Morgan fingerprint density at radius 3 is 1.92 bits per heavy atom. The molecular weight excluding hydrogens is 626 g/mol. The van der Waals surface area contributed by atoms with Crippen molar-refractivity contribution in [2.75, 3.05) is 20.2 Å². The number of likely N-dealkylation sites (tertiary alicyclic amines) is 2. The minimum absolute atomic E-state index is 0.188. The molecule has 4 atom stereocenters. The molecule has 2 fully saturated rings. The van der Waals surface area contributed by atoms with Gasteiger partial charge in [-0.15, -0.1) is 0 Å². The quantitative estimate of drug-likeness (QED) is 0.139. The van der Waals surface area contributed by atoms with E-state index in [9.17, 15) is 9.59 Å². The number of nitrogens with zero attached hydrogens (tertiary/aromatic N) is 4. The van der Waals surface area contributed by atoms with Crippen LogP contribution in [-0.2, 0) is 9.53 Å². The van der Waals surface area contributed by atoms with Gasteiger partial charge in [0.15, 0.2) is 0 Å². The Labute approximate surface area is 293 Å². The summed E-state index contributed by atoms with van der Waals surface area (Å²) in [5, 5.41) is 2.72. The highest BCUT2D eigenvalue weighted by molar-refractivity contribution is 5.87. The summed E-state index contributed by atoms with van der Waals surface area (Å²) in [7, 11) is 1.29. The lowest BCUT2D eigenvalue weighted by Crippen LogP contribution is -2.42. The van der Waals surface area contributed by atoms with Gasteiger partial charge in [0.2, 0.25) is 0 Å². The second-order valence-corrected chi connectivity index (χ2v) is 13.3. The predicted molar refractivity (Wildman–Crippen MR) is 194 cm³/mol. The normalized spacial score (nSPS) is 19.0. The van der Waals surface area contributed by atoms with Gasteiger partial charge >= 0.3 is 6.09 Å². The topological polar surface area (TPSA) is 119 Å². The van der Waals surface area contributed by atoms with E-state index in [4.69, 9.17) is 14.7 Å². The number of amides is 2. The van der Waals surface area contributed by atoms with Gasteiger partial charge in [-0.25, -0.2) is 14.8 Å². The maximum atomic E-state index is 13.8. The number of nitrogens with one attached hydrogen (secondary N) is 3. The van der Waals surface area contributed by atoms with Crippen molar-refractivity contribution >= 4 is 12.0 Å². The molecule has 10 heteroatoms. The van der Waals surface area contributed by atoms with E-state index < -0.39 is 12.1 Å². The zero-order valence-corrected chi connectivity index (χ0v) is 28.9. The lowest BCUT2D eigenvalue weighted by Gasteiger charge is -2.28. The minimum atomic E-state index is -0.852. The van der Waals surface area contributed by atoms with E-state index in [0.717, 1.165) is 77.5 Å². The van der Waals surface area contributed by atoms with Crippen LogP contribution in [0.15, 0.2) is 91.3 Å². The van der Waals surface area contributed by atoms with E-state index in [1.807, 2.05) is 47.6 Å². The third kappa shape index (κ3) is 6.80. The molecule has 7 rings (SSSR count). The summed E-state index contributed by atoms with van der Waals surface area (Å²) >= 11 is 0. The molecule has 258 valence electrons. The van der Waals surface area contributed by atoms with Crippen LogP contribution in [0.3, 0.4) is 0 Å². The molecule has 50 heavy (non-hydrogen) atoms. The molecule has 0 radical (unpaired) electrons. The number of carbonyl (C=O) groups is 2. The number of benzene rings is 3. The zero-order chi connectivity index (χ0) is 34.6. The van der Waals surface area contributed by atoms with Crippen molar-refractivity contribution in [2.24, 2.45) is 0 Å². The van der Waals surface area contributed by atoms with Gasteiger partial charge in [-0.1, -0.05) is 85.8 Å². The molecule has 0 bridgehead atoms. The van der Waals surface area contributed by atoms with Crippen molar-refractivity contribution in [1.29, 1.82) is 0 Å². The van der Waals surface area contributed by atoms with E-state index in [-0.39, 0.29) is 11.9 Å². The third-order valence-corrected chi connectivity index (χ3v) is 10.4. The highest BCUT2D eigenvalue weighted by Crippen LogP contribution is 2.36. The lowest BCUT2D eigenvalue weighted by molar-refractivity contribution is -0.134. The number of aromatic nitrogens is 4. The Morgan fingerprint density at radius 2 is 1.34 bits per heavy atom. The van der Waals surface area contributed by atoms with Crippen LogP contribution in [0.1, 0.15) is 81.3 Å². The summed E-state index contributed by atoms with van der Waals surface area (Å²) in [5.41, 5.74) is 7.03. The van der Waals surface area contributed by atoms with Gasteiger partial charge in [-0.3, -0.25) is 9.69 Å². The minimum Gasteiger partial charge on any atom is -0.453 e. The molecule has 2 amide bonds. The molecule has 2 aromatic heterocycles. The average Bonchev–Trinajstić information content (AvgIpc) is 4.00. The standard InChI is InChI=1S/C40H45N7O3/c1-4-26(2)46-22-8-12-34(46)37-41-24-32(43-37)29-18-14-27(15-19-29)28-16-20-30(21-17-28)33-25-42-38(44-33)35-13-9-23-47(35)39(48)36(45-40(49)50-3)31-10-6-5-7-11-31/h5-7,10-11,14-21,24-26,34-36H,4,8-9,12-13,22-23H2,1-3H3,(H,41,43)(H,42,44)(H,45,49)/t26?,34-,35-,36+/m0/s1. The molecule has 2 saturated heterocycles. The Hall–Kier alpha value is -5.22. The van der Waals surface area contributed by atoms with Crippen LogP contribution >= 0.6 is 0 Å². The highest BCUT2D eigenvalue weighted by Gasteiger charge is 2.37. The summed E-state index contributed by atoms with van der Waals surface area (Å²) in [5.74, 6) is 1.61. The van der Waals surface area contributed by atoms with E-state index >= 15 is 0 Å². The molecule has 0 saturated carbocycles. The molecule has 10 nitrogen and oxygen atoms in total. The first-order valence-electron chi connectivity index (χ1n) is 17.7. The van der Waals surface area contributed by atoms with Gasteiger partial charge in [-0.2, -0.15) is 0 Å². The van der Waals surface area contributed by atoms with Crippen molar-refractivity contribution in [3.63, 3.8) is 0 Å². The summed E-state index contributed by atoms with van der Waals surface area (Å²) in [6.07, 6.45) is 8.28. The number of ether oxygens (including phenoxy) is 1. The smallest absolute Gasteiger partial charge is 0.407 e. The van der Waals surface area contributed by atoms with E-state index in [1.165, 1.54) is 13.5 Å². The number of imidazole rings is 2. The largest absolute Gasteiger partial charge is 0.453 e. The second-order valence-electron chi connectivity index (χ2n) is 13.3. The molecule has 0 spiro atoms. The fraction of sp³-hybridized carbons (Fsp3) is 0.350. The van der Waals surface area contributed by atoms with Crippen LogP contribution in [-0.4, -0.2) is 68.0 Å². The molecule has 3 aromatic carbocycles. The van der Waals surface area contributed by atoms with Gasteiger partial charge in [0, 0.05) is 12.6 Å². The first kappa shape index (κ1) is 33.3. The van der Waals surface area contributed by atoms with Crippen molar-refractivity contribution in [1.82, 2.24) is 35.1 Å². The highest BCUT2D eigenvalue weighted by atomic mass is 16.5. The molecule has 3 N–H and O–H groups in total. The fourth-order valence-corrected chi connectivity index (χ4v) is 7.43. The third-order valence-electron chi connectivity index (χ3n) is 10.4. The van der Waals surface area contributed by atoms with Crippen LogP contribution in [0.4, 0.5) is 4.79 Å². The monoisotopic (exact) mass is 671 g/mol.